The summed E-state index contributed by atoms with van der Waals surface area (Å²) in [7, 11) is 0. The van der Waals surface area contributed by atoms with Gasteiger partial charge >= 0.3 is 0 Å². The number of hydrogen-bond donors (Lipinski definition) is 2. The summed E-state index contributed by atoms with van der Waals surface area (Å²) in [6.07, 6.45) is 0.569. The van der Waals surface area contributed by atoms with Crippen LogP contribution in [0.1, 0.15) is 31.4 Å². The lowest BCUT2D eigenvalue weighted by atomic mass is 10.1. The largest absolute Gasteiger partial charge is 0.391 e. The number of benzene rings is 1. The van der Waals surface area contributed by atoms with Gasteiger partial charge < -0.3 is 20.1 Å². The molecule has 5 heteroatoms. The van der Waals surface area contributed by atoms with E-state index in [0.29, 0.717) is 26.3 Å². The summed E-state index contributed by atoms with van der Waals surface area (Å²) in [5.74, 6) is 0.880. The van der Waals surface area contributed by atoms with Crippen LogP contribution in [-0.4, -0.2) is 48.3 Å². The molecule has 1 fully saturated rings. The van der Waals surface area contributed by atoms with Crippen LogP contribution < -0.4 is 5.32 Å². The Labute approximate surface area is 133 Å². The molecule has 1 aliphatic heterocycles. The van der Waals surface area contributed by atoms with Crippen LogP contribution in [0.2, 0.25) is 0 Å². The molecule has 0 saturated carbocycles. The van der Waals surface area contributed by atoms with Crippen molar-refractivity contribution in [2.24, 2.45) is 4.99 Å². The summed E-state index contributed by atoms with van der Waals surface area (Å²) in [6, 6.07) is 8.25. The van der Waals surface area contributed by atoms with Crippen LogP contribution in [0.5, 0.6) is 0 Å². The zero-order valence-corrected chi connectivity index (χ0v) is 13.6. The average molecular weight is 305 g/mol. The molecule has 1 atom stereocenters. The van der Waals surface area contributed by atoms with Gasteiger partial charge in [0.2, 0.25) is 0 Å². The van der Waals surface area contributed by atoms with Gasteiger partial charge in [0.1, 0.15) is 0 Å². The number of aliphatic hydroxyl groups excluding tert-OH is 1. The summed E-state index contributed by atoms with van der Waals surface area (Å²) in [5, 5.41) is 13.0. The van der Waals surface area contributed by atoms with Crippen LogP contribution in [0.15, 0.2) is 29.3 Å². The van der Waals surface area contributed by atoms with Crippen molar-refractivity contribution in [2.45, 2.75) is 39.5 Å². The first-order valence-electron chi connectivity index (χ1n) is 8.10. The molecule has 0 amide bonds. The molecule has 5 nitrogen and oxygen atoms in total. The molecule has 0 spiro atoms. The zero-order valence-electron chi connectivity index (χ0n) is 13.6. The fourth-order valence-corrected chi connectivity index (χ4v) is 2.58. The van der Waals surface area contributed by atoms with E-state index in [1.165, 1.54) is 11.1 Å². The molecular formula is C17H27N3O2. The number of aliphatic hydroxyl groups is 1. The van der Waals surface area contributed by atoms with Crippen molar-refractivity contribution in [1.29, 1.82) is 0 Å². The highest BCUT2D eigenvalue weighted by Gasteiger charge is 2.22. The summed E-state index contributed by atoms with van der Waals surface area (Å²) < 4.78 is 5.52. The normalized spacial score (nSPS) is 18.8. The van der Waals surface area contributed by atoms with Crippen molar-refractivity contribution in [3.63, 3.8) is 0 Å². The molecule has 1 heterocycles. The molecule has 1 aromatic carbocycles. The lowest BCUT2D eigenvalue weighted by Gasteiger charge is -2.21. The maximum atomic E-state index is 9.70. The van der Waals surface area contributed by atoms with E-state index in [-0.39, 0.29) is 6.10 Å². The number of β-amino-alcohol motifs (C(OH)–C–C–N with tert-alkyl or cyclic N) is 1. The van der Waals surface area contributed by atoms with Crippen molar-refractivity contribution < 1.29 is 9.84 Å². The van der Waals surface area contributed by atoms with Crippen molar-refractivity contribution in [2.75, 3.05) is 26.2 Å². The predicted octanol–water partition coefficient (Wildman–Crippen LogP) is 1.76. The number of ether oxygens (including phenoxy) is 1. The van der Waals surface area contributed by atoms with Crippen molar-refractivity contribution >= 4 is 5.96 Å². The van der Waals surface area contributed by atoms with E-state index < -0.39 is 0 Å². The molecule has 0 unspecified atom stereocenters. The first kappa shape index (κ1) is 16.8. The summed E-state index contributed by atoms with van der Waals surface area (Å²) in [6.45, 7) is 8.37. The third-order valence-electron chi connectivity index (χ3n) is 3.78. The molecule has 1 aromatic rings. The Morgan fingerprint density at radius 2 is 2.14 bits per heavy atom. The van der Waals surface area contributed by atoms with Crippen LogP contribution in [0.3, 0.4) is 0 Å². The van der Waals surface area contributed by atoms with E-state index in [1.54, 1.807) is 0 Å². The van der Waals surface area contributed by atoms with Gasteiger partial charge in [0.15, 0.2) is 5.96 Å². The third-order valence-corrected chi connectivity index (χ3v) is 3.78. The molecular weight excluding hydrogens is 278 g/mol. The Balaban J connectivity index is 2.06. The first-order chi connectivity index (χ1) is 10.7. The van der Waals surface area contributed by atoms with Gasteiger partial charge in [-0.25, -0.2) is 4.99 Å². The molecule has 1 aliphatic rings. The second kappa shape index (κ2) is 8.76. The predicted molar refractivity (Wildman–Crippen MR) is 88.8 cm³/mol. The Morgan fingerprint density at radius 3 is 2.77 bits per heavy atom. The van der Waals surface area contributed by atoms with Gasteiger partial charge in [0.25, 0.3) is 0 Å². The second-order valence-electron chi connectivity index (χ2n) is 5.46. The molecule has 2 rings (SSSR count). The third kappa shape index (κ3) is 4.71. The first-order valence-corrected chi connectivity index (χ1v) is 8.10. The van der Waals surface area contributed by atoms with Crippen LogP contribution in [-0.2, 0) is 17.9 Å². The van der Waals surface area contributed by atoms with Gasteiger partial charge in [0.05, 0.1) is 19.3 Å². The van der Waals surface area contributed by atoms with E-state index in [4.69, 9.17) is 9.73 Å². The number of nitrogens with zero attached hydrogens (tertiary/aromatic N) is 2. The molecule has 122 valence electrons. The Bertz CT molecular complexity index is 491. The van der Waals surface area contributed by atoms with E-state index in [0.717, 1.165) is 25.5 Å². The van der Waals surface area contributed by atoms with Gasteiger partial charge in [-0.05, 0) is 31.4 Å². The Hall–Kier alpha value is -1.59. The molecule has 0 aromatic heterocycles. The fraction of sp³-hybridized carbons (Fsp3) is 0.588. The van der Waals surface area contributed by atoms with E-state index in [1.807, 2.05) is 19.1 Å². The highest BCUT2D eigenvalue weighted by molar-refractivity contribution is 5.80. The monoisotopic (exact) mass is 305 g/mol. The van der Waals surface area contributed by atoms with E-state index in [2.05, 4.69) is 29.3 Å². The SMILES string of the molecule is CCNC(=NCc1ccccc1COCC)N1CC[C@@H](O)C1. The van der Waals surface area contributed by atoms with Crippen LogP contribution >= 0.6 is 0 Å². The van der Waals surface area contributed by atoms with Crippen LogP contribution in [0.4, 0.5) is 0 Å². The van der Waals surface area contributed by atoms with Gasteiger partial charge in [-0.3, -0.25) is 0 Å². The van der Waals surface area contributed by atoms with E-state index >= 15 is 0 Å². The smallest absolute Gasteiger partial charge is 0.194 e. The topological polar surface area (TPSA) is 57.1 Å². The quantitative estimate of drug-likeness (QED) is 0.621. The molecule has 22 heavy (non-hydrogen) atoms. The molecule has 0 aliphatic carbocycles. The lowest BCUT2D eigenvalue weighted by Crippen LogP contribution is -2.40. The standard InChI is InChI=1S/C17H27N3O2/c1-3-18-17(20-10-9-16(21)12-20)19-11-14-7-5-6-8-15(14)13-22-4-2/h5-8,16,21H,3-4,9-13H2,1-2H3,(H,18,19)/t16-/m1/s1. The van der Waals surface area contributed by atoms with Gasteiger partial charge in [-0.2, -0.15) is 0 Å². The summed E-state index contributed by atoms with van der Waals surface area (Å²) in [5.41, 5.74) is 2.37. The van der Waals surface area contributed by atoms with Crippen LogP contribution in [0.25, 0.3) is 0 Å². The maximum absolute atomic E-state index is 9.70. The Kier molecular flexibility index (Phi) is 6.68. The number of aliphatic imine (C=N–C) groups is 1. The van der Waals surface area contributed by atoms with Gasteiger partial charge in [0, 0.05) is 26.2 Å². The lowest BCUT2D eigenvalue weighted by molar-refractivity contribution is 0.133. The van der Waals surface area contributed by atoms with Crippen LogP contribution in [0, 0.1) is 0 Å². The van der Waals surface area contributed by atoms with Gasteiger partial charge in [-0.1, -0.05) is 24.3 Å². The number of guanidine groups is 1. The molecule has 1 saturated heterocycles. The minimum Gasteiger partial charge on any atom is -0.391 e. The van der Waals surface area contributed by atoms with E-state index in [9.17, 15) is 5.11 Å². The highest BCUT2D eigenvalue weighted by Crippen LogP contribution is 2.13. The number of likely N-dealkylation sites (tertiary alicyclic amines) is 1. The number of rotatable bonds is 6. The average Bonchev–Trinajstić information content (AvgIpc) is 2.96. The summed E-state index contributed by atoms with van der Waals surface area (Å²) in [4.78, 5) is 6.86. The fourth-order valence-electron chi connectivity index (χ4n) is 2.58. The van der Waals surface area contributed by atoms with Gasteiger partial charge in [-0.15, -0.1) is 0 Å². The Morgan fingerprint density at radius 1 is 1.36 bits per heavy atom. The zero-order chi connectivity index (χ0) is 15.8. The minimum atomic E-state index is -0.242. The van der Waals surface area contributed by atoms with Crippen molar-refractivity contribution in [3.05, 3.63) is 35.4 Å². The summed E-state index contributed by atoms with van der Waals surface area (Å²) >= 11 is 0. The maximum Gasteiger partial charge on any atom is 0.194 e. The second-order valence-corrected chi connectivity index (χ2v) is 5.46. The molecule has 0 radical (unpaired) electrons. The van der Waals surface area contributed by atoms with Crippen molar-refractivity contribution in [1.82, 2.24) is 10.2 Å². The molecule has 0 bridgehead atoms. The number of hydrogen-bond acceptors (Lipinski definition) is 3. The minimum absolute atomic E-state index is 0.242. The number of nitrogens with one attached hydrogen (secondary N) is 1. The highest BCUT2D eigenvalue weighted by atomic mass is 16.5. The molecule has 2 N–H and O–H groups in total. The van der Waals surface area contributed by atoms with Crippen molar-refractivity contribution in [3.8, 4) is 0 Å².